The highest BCUT2D eigenvalue weighted by atomic mass is 16.6. The van der Waals surface area contributed by atoms with Crippen molar-refractivity contribution in [1.29, 1.82) is 0 Å². The summed E-state index contributed by atoms with van der Waals surface area (Å²) in [5.74, 6) is 0.107. The second kappa shape index (κ2) is 12.6. The van der Waals surface area contributed by atoms with Gasteiger partial charge in [-0.25, -0.2) is 0 Å². The highest BCUT2D eigenvalue weighted by Crippen LogP contribution is 2.69. The van der Waals surface area contributed by atoms with E-state index in [4.69, 9.17) is 14.2 Å². The summed E-state index contributed by atoms with van der Waals surface area (Å²) in [6.07, 6.45) is 5.97. The number of aliphatic hydroxyl groups is 1. The molecule has 0 radical (unpaired) electrons. The summed E-state index contributed by atoms with van der Waals surface area (Å²) in [4.78, 5) is 48.9. The number of carbonyl (C=O) groups excluding carboxylic acids is 4. The zero-order valence-corrected chi connectivity index (χ0v) is 25.8. The highest BCUT2D eigenvalue weighted by molar-refractivity contribution is 5.81. The van der Waals surface area contributed by atoms with E-state index in [0.717, 1.165) is 44.9 Å². The molecule has 4 saturated carbocycles. The first-order valence-electron chi connectivity index (χ1n) is 15.8. The van der Waals surface area contributed by atoms with Crippen molar-refractivity contribution >= 4 is 23.8 Å². The lowest BCUT2D eigenvalue weighted by molar-refractivity contribution is -0.223. The molecule has 4 aliphatic rings. The average Bonchev–Trinajstić information content (AvgIpc) is 3.25. The quantitative estimate of drug-likeness (QED) is 0.309. The van der Waals surface area contributed by atoms with Gasteiger partial charge in [0.2, 0.25) is 5.91 Å². The van der Waals surface area contributed by atoms with Crippen LogP contribution in [0.1, 0.15) is 99.3 Å². The first-order chi connectivity index (χ1) is 19.3. The molecule has 4 aliphatic carbocycles. The fourth-order valence-electron chi connectivity index (χ4n) is 9.82. The molecule has 9 heteroatoms. The van der Waals surface area contributed by atoms with Gasteiger partial charge in [0.25, 0.3) is 0 Å². The van der Waals surface area contributed by atoms with E-state index in [1.807, 2.05) is 0 Å². The van der Waals surface area contributed by atoms with Crippen LogP contribution in [0.25, 0.3) is 0 Å². The van der Waals surface area contributed by atoms with Gasteiger partial charge in [-0.1, -0.05) is 20.8 Å². The van der Waals surface area contributed by atoms with Gasteiger partial charge in [-0.3, -0.25) is 19.2 Å². The van der Waals surface area contributed by atoms with Crippen molar-refractivity contribution in [3.63, 3.8) is 0 Å². The standard InChI is InChI=1S/C32H51NO8/c1-7-39-29(38)17-33-28(37)11-8-18(2)23-9-10-24-30-25(16-27(32(23,24)6)41-20(4)35)31(5)13-12-22(36)14-21(31)15-26(30)40-19(3)34/h18,21-27,30,36H,7-17H2,1-6H3,(H,33,37)/t18-,21+,22-,23-,24+,25+,26-,27+,30+,31+,32-/m1/s1. The minimum absolute atomic E-state index is 0.0129. The third-order valence-corrected chi connectivity index (χ3v) is 11.7. The monoisotopic (exact) mass is 577 g/mol. The molecule has 11 atom stereocenters. The lowest BCUT2D eigenvalue weighted by atomic mass is 9.43. The van der Waals surface area contributed by atoms with Crippen LogP contribution in [0.2, 0.25) is 0 Å². The number of esters is 3. The third-order valence-electron chi connectivity index (χ3n) is 11.7. The first kappa shape index (κ1) is 31.8. The number of aliphatic hydroxyl groups excluding tert-OH is 1. The summed E-state index contributed by atoms with van der Waals surface area (Å²) in [6.45, 7) is 11.6. The SMILES string of the molecule is CCOC(=O)CNC(=O)CC[C@@H](C)[C@H]1CC[C@H]2[C@@H]3[C@H](OC(C)=O)C[C@@H]4C[C@H](O)CC[C@]4(C)[C@H]3C[C@H](OC(C)=O)[C@]12C. The van der Waals surface area contributed by atoms with E-state index in [2.05, 4.69) is 26.1 Å². The number of nitrogens with one attached hydrogen (secondary N) is 1. The van der Waals surface area contributed by atoms with Crippen LogP contribution >= 0.6 is 0 Å². The van der Waals surface area contributed by atoms with Gasteiger partial charge >= 0.3 is 17.9 Å². The maximum absolute atomic E-state index is 12.5. The molecule has 0 aromatic carbocycles. The lowest BCUT2D eigenvalue weighted by Gasteiger charge is -2.64. The molecule has 0 unspecified atom stereocenters. The summed E-state index contributed by atoms with van der Waals surface area (Å²) in [5.41, 5.74) is -0.329. The molecular formula is C32H51NO8. The topological polar surface area (TPSA) is 128 Å². The predicted octanol–water partition coefficient (Wildman–Crippen LogP) is 4.19. The fourth-order valence-corrected chi connectivity index (χ4v) is 9.82. The van der Waals surface area contributed by atoms with Gasteiger partial charge in [0.15, 0.2) is 0 Å². The number of rotatable bonds is 9. The highest BCUT2D eigenvalue weighted by Gasteiger charge is 2.67. The lowest BCUT2D eigenvalue weighted by Crippen LogP contribution is -2.63. The summed E-state index contributed by atoms with van der Waals surface area (Å²) in [5, 5.41) is 13.2. The summed E-state index contributed by atoms with van der Waals surface area (Å²) in [7, 11) is 0. The molecule has 0 heterocycles. The zero-order chi connectivity index (χ0) is 30.1. The van der Waals surface area contributed by atoms with Gasteiger partial charge in [0.1, 0.15) is 18.8 Å². The number of fused-ring (bicyclic) bond motifs is 5. The predicted molar refractivity (Wildman–Crippen MR) is 151 cm³/mol. The Balaban J connectivity index is 1.58. The fraction of sp³-hybridized carbons (Fsp3) is 0.875. The molecule has 0 aromatic heterocycles. The Morgan fingerprint density at radius 3 is 2.34 bits per heavy atom. The van der Waals surface area contributed by atoms with E-state index < -0.39 is 5.97 Å². The Kier molecular flexibility index (Phi) is 9.76. The molecule has 0 aromatic rings. The molecule has 9 nitrogen and oxygen atoms in total. The van der Waals surface area contributed by atoms with Gasteiger partial charge in [0, 0.05) is 31.6 Å². The molecule has 0 aliphatic heterocycles. The van der Waals surface area contributed by atoms with E-state index in [1.165, 1.54) is 13.8 Å². The van der Waals surface area contributed by atoms with E-state index in [0.29, 0.717) is 12.8 Å². The number of hydrogen-bond donors (Lipinski definition) is 2. The molecule has 4 rings (SSSR count). The van der Waals surface area contributed by atoms with Crippen molar-refractivity contribution in [2.75, 3.05) is 13.2 Å². The Labute approximate surface area is 244 Å². The number of hydrogen-bond acceptors (Lipinski definition) is 8. The average molecular weight is 578 g/mol. The van der Waals surface area contributed by atoms with Crippen LogP contribution in [0.5, 0.6) is 0 Å². The van der Waals surface area contributed by atoms with E-state index >= 15 is 0 Å². The van der Waals surface area contributed by atoms with Crippen molar-refractivity contribution in [2.24, 2.45) is 46.3 Å². The molecule has 232 valence electrons. The Morgan fingerprint density at radius 2 is 1.68 bits per heavy atom. The van der Waals surface area contributed by atoms with Gasteiger partial charge in [-0.15, -0.1) is 0 Å². The van der Waals surface area contributed by atoms with Crippen molar-refractivity contribution in [2.45, 2.75) is 118 Å². The smallest absolute Gasteiger partial charge is 0.325 e. The van der Waals surface area contributed by atoms with Crippen molar-refractivity contribution in [1.82, 2.24) is 5.32 Å². The molecule has 2 N–H and O–H groups in total. The van der Waals surface area contributed by atoms with E-state index in [9.17, 15) is 24.3 Å². The Bertz CT molecular complexity index is 1000. The van der Waals surface area contributed by atoms with Crippen molar-refractivity contribution < 1.29 is 38.5 Å². The van der Waals surface area contributed by atoms with Crippen molar-refractivity contribution in [3.05, 3.63) is 0 Å². The maximum atomic E-state index is 12.5. The Hall–Kier alpha value is -2.16. The molecule has 0 spiro atoms. The molecule has 0 saturated heterocycles. The summed E-state index contributed by atoms with van der Waals surface area (Å²) < 4.78 is 17.2. The number of amides is 1. The molecular weight excluding hydrogens is 526 g/mol. The minimum Gasteiger partial charge on any atom is -0.465 e. The van der Waals surface area contributed by atoms with Crippen LogP contribution in [0, 0.1) is 46.3 Å². The molecule has 1 amide bonds. The van der Waals surface area contributed by atoms with Crippen LogP contribution in [0.4, 0.5) is 0 Å². The Morgan fingerprint density at radius 1 is 0.976 bits per heavy atom. The van der Waals surface area contributed by atoms with Crippen LogP contribution in [-0.4, -0.2) is 60.4 Å². The normalized spacial score (nSPS) is 40.3. The van der Waals surface area contributed by atoms with E-state index in [1.54, 1.807) is 6.92 Å². The maximum Gasteiger partial charge on any atom is 0.325 e. The van der Waals surface area contributed by atoms with Gasteiger partial charge in [-0.05, 0) is 93.3 Å². The van der Waals surface area contributed by atoms with Crippen LogP contribution in [0.3, 0.4) is 0 Å². The van der Waals surface area contributed by atoms with Crippen LogP contribution in [0.15, 0.2) is 0 Å². The van der Waals surface area contributed by atoms with Gasteiger partial charge in [-0.2, -0.15) is 0 Å². The third kappa shape index (κ3) is 6.30. The number of ether oxygens (including phenoxy) is 3. The van der Waals surface area contributed by atoms with Gasteiger partial charge < -0.3 is 24.6 Å². The first-order valence-corrected chi connectivity index (χ1v) is 15.8. The molecule has 0 bridgehead atoms. The summed E-state index contributed by atoms with van der Waals surface area (Å²) in [6, 6.07) is 0. The second-order valence-corrected chi connectivity index (χ2v) is 13.8. The zero-order valence-electron chi connectivity index (χ0n) is 25.8. The largest absolute Gasteiger partial charge is 0.465 e. The molecule has 41 heavy (non-hydrogen) atoms. The van der Waals surface area contributed by atoms with Crippen molar-refractivity contribution in [3.8, 4) is 0 Å². The van der Waals surface area contributed by atoms with Crippen LogP contribution < -0.4 is 5.32 Å². The molecule has 4 fully saturated rings. The number of carbonyl (C=O) groups is 4. The van der Waals surface area contributed by atoms with Crippen LogP contribution in [-0.2, 0) is 33.4 Å². The van der Waals surface area contributed by atoms with E-state index in [-0.39, 0.29) is 95.6 Å². The summed E-state index contributed by atoms with van der Waals surface area (Å²) >= 11 is 0. The minimum atomic E-state index is -0.445. The van der Waals surface area contributed by atoms with Gasteiger partial charge in [0.05, 0.1) is 12.7 Å². The second-order valence-electron chi connectivity index (χ2n) is 13.8.